The van der Waals surface area contributed by atoms with Crippen molar-refractivity contribution in [3.63, 3.8) is 0 Å². The first-order chi connectivity index (χ1) is 13.8. The number of hydrogen-bond donors (Lipinski definition) is 2. The Morgan fingerprint density at radius 2 is 2.00 bits per heavy atom. The molecule has 0 aliphatic heterocycles. The van der Waals surface area contributed by atoms with Crippen molar-refractivity contribution in [3.8, 4) is 5.95 Å². The zero-order valence-electron chi connectivity index (χ0n) is 16.3. The maximum absolute atomic E-state index is 14.6. The number of nitrogens with one attached hydrogen (secondary N) is 1. The van der Waals surface area contributed by atoms with Crippen molar-refractivity contribution in [2.75, 3.05) is 0 Å². The van der Waals surface area contributed by atoms with Crippen LogP contribution in [0.25, 0.3) is 17.0 Å². The summed E-state index contributed by atoms with van der Waals surface area (Å²) in [6, 6.07) is 5.43. The molecular formula is C19H19FN6O3S. The normalized spacial score (nSPS) is 12.0. The van der Waals surface area contributed by atoms with Gasteiger partial charge in [-0.2, -0.15) is 23.0 Å². The molecule has 2 N–H and O–H groups in total. The lowest BCUT2D eigenvalue weighted by Crippen LogP contribution is -2.19. The van der Waals surface area contributed by atoms with E-state index in [0.29, 0.717) is 0 Å². The second-order valence-electron chi connectivity index (χ2n) is 6.82. The van der Waals surface area contributed by atoms with Crippen molar-refractivity contribution < 1.29 is 14.3 Å². The summed E-state index contributed by atoms with van der Waals surface area (Å²) >= 11 is 0. The third kappa shape index (κ3) is 3.47. The second kappa shape index (κ2) is 7.75. The molecule has 0 radical (unpaired) electrons. The predicted octanol–water partition coefficient (Wildman–Crippen LogP) is 2.48. The van der Waals surface area contributed by atoms with Crippen molar-refractivity contribution in [2.24, 2.45) is 0 Å². The van der Waals surface area contributed by atoms with Gasteiger partial charge in [0.1, 0.15) is 0 Å². The average Bonchev–Trinajstić information content (AvgIpc) is 3.29. The minimum atomic E-state index is -1.18. The first kappa shape index (κ1) is 21.2. The molecule has 1 aromatic carbocycles. The van der Waals surface area contributed by atoms with Crippen molar-refractivity contribution in [3.05, 3.63) is 69.1 Å². The van der Waals surface area contributed by atoms with Crippen LogP contribution in [0.3, 0.4) is 0 Å². The minimum absolute atomic E-state index is 0. The summed E-state index contributed by atoms with van der Waals surface area (Å²) in [5.74, 6) is -2.18. The molecule has 0 aliphatic carbocycles. The van der Waals surface area contributed by atoms with Gasteiger partial charge in [-0.05, 0) is 37.5 Å². The fourth-order valence-electron chi connectivity index (χ4n) is 3.11. The van der Waals surface area contributed by atoms with Gasteiger partial charge in [-0.1, -0.05) is 18.2 Å². The van der Waals surface area contributed by atoms with E-state index < -0.39 is 23.5 Å². The highest BCUT2D eigenvalue weighted by molar-refractivity contribution is 7.59. The van der Waals surface area contributed by atoms with Crippen LogP contribution in [0.4, 0.5) is 4.39 Å². The summed E-state index contributed by atoms with van der Waals surface area (Å²) in [7, 11) is 0. The first-order valence-corrected chi connectivity index (χ1v) is 8.79. The molecule has 3 heterocycles. The Morgan fingerprint density at radius 3 is 2.63 bits per heavy atom. The summed E-state index contributed by atoms with van der Waals surface area (Å²) in [6.07, 6.45) is 2.28. The molecule has 30 heavy (non-hydrogen) atoms. The van der Waals surface area contributed by atoms with Crippen LogP contribution in [0.2, 0.25) is 0 Å². The molecule has 0 spiro atoms. The van der Waals surface area contributed by atoms with E-state index in [-0.39, 0.29) is 36.0 Å². The lowest BCUT2D eigenvalue weighted by atomic mass is 10.0. The van der Waals surface area contributed by atoms with Gasteiger partial charge in [-0.15, -0.1) is 5.10 Å². The number of aromatic nitrogens is 6. The number of carboxylic acids is 1. The zero-order valence-corrected chi connectivity index (χ0v) is 17.3. The van der Waals surface area contributed by atoms with Crippen LogP contribution < -0.4 is 5.56 Å². The lowest BCUT2D eigenvalue weighted by molar-refractivity contribution is 0.0697. The van der Waals surface area contributed by atoms with Crippen LogP contribution in [-0.2, 0) is 0 Å². The minimum Gasteiger partial charge on any atom is -0.478 e. The van der Waals surface area contributed by atoms with Crippen LogP contribution in [0.1, 0.15) is 40.0 Å². The summed E-state index contributed by atoms with van der Waals surface area (Å²) in [6.45, 7) is 5.79. The van der Waals surface area contributed by atoms with E-state index in [4.69, 9.17) is 5.11 Å². The van der Waals surface area contributed by atoms with Gasteiger partial charge in [0.05, 0.1) is 17.8 Å². The van der Waals surface area contributed by atoms with E-state index >= 15 is 0 Å². The summed E-state index contributed by atoms with van der Waals surface area (Å²) in [5, 5.41) is 16.7. The monoisotopic (exact) mass is 430 g/mol. The maximum Gasteiger partial charge on any atom is 0.338 e. The molecular weight excluding hydrogens is 411 g/mol. The van der Waals surface area contributed by atoms with E-state index in [1.165, 1.54) is 10.9 Å². The predicted molar refractivity (Wildman–Crippen MR) is 112 cm³/mol. The second-order valence-corrected chi connectivity index (χ2v) is 6.82. The number of fused-ring (bicyclic) bond motifs is 1. The van der Waals surface area contributed by atoms with E-state index in [0.717, 1.165) is 27.6 Å². The highest BCUT2D eigenvalue weighted by Crippen LogP contribution is 2.24. The molecule has 0 unspecified atom stereocenters. The number of halogens is 1. The van der Waals surface area contributed by atoms with Crippen molar-refractivity contribution in [2.45, 2.75) is 26.8 Å². The van der Waals surface area contributed by atoms with Gasteiger partial charge in [-0.25, -0.2) is 19.1 Å². The average molecular weight is 430 g/mol. The van der Waals surface area contributed by atoms with Crippen molar-refractivity contribution in [1.29, 1.82) is 0 Å². The van der Waals surface area contributed by atoms with Gasteiger partial charge in [0, 0.05) is 6.20 Å². The number of carboxylic acid groups (broad SMARTS) is 1. The molecule has 4 rings (SSSR count). The van der Waals surface area contributed by atoms with Crippen LogP contribution in [0.5, 0.6) is 0 Å². The summed E-state index contributed by atoms with van der Waals surface area (Å²) < 4.78 is 16.9. The fraction of sp³-hybridized carbons (Fsp3) is 0.211. The molecule has 0 fully saturated rings. The third-order valence-corrected chi connectivity index (χ3v) is 4.93. The van der Waals surface area contributed by atoms with Gasteiger partial charge >= 0.3 is 5.97 Å². The Labute approximate surface area is 176 Å². The molecule has 11 heteroatoms. The van der Waals surface area contributed by atoms with Gasteiger partial charge in [-0.3, -0.25) is 9.78 Å². The Bertz CT molecular complexity index is 1330. The van der Waals surface area contributed by atoms with E-state index in [2.05, 4.69) is 20.2 Å². The number of aryl methyl sites for hydroxylation is 2. The first-order valence-electron chi connectivity index (χ1n) is 8.79. The molecule has 0 aliphatic rings. The van der Waals surface area contributed by atoms with E-state index in [1.54, 1.807) is 0 Å². The quantitative estimate of drug-likeness (QED) is 0.513. The smallest absolute Gasteiger partial charge is 0.338 e. The number of benzene rings is 1. The number of hydrogen-bond acceptors (Lipinski definition) is 5. The van der Waals surface area contributed by atoms with Gasteiger partial charge < -0.3 is 5.11 Å². The van der Waals surface area contributed by atoms with Crippen molar-refractivity contribution >= 4 is 30.5 Å². The molecule has 0 saturated heterocycles. The van der Waals surface area contributed by atoms with Crippen LogP contribution in [0, 0.1) is 19.8 Å². The van der Waals surface area contributed by atoms with Crippen LogP contribution in [-0.4, -0.2) is 40.6 Å². The molecule has 0 bridgehead atoms. The summed E-state index contributed by atoms with van der Waals surface area (Å²) in [5.41, 5.74) is 2.15. The summed E-state index contributed by atoms with van der Waals surface area (Å²) in [4.78, 5) is 30.4. The number of carbonyl (C=O) groups is 1. The van der Waals surface area contributed by atoms with Crippen molar-refractivity contribution in [1.82, 2.24) is 29.5 Å². The Morgan fingerprint density at radius 1 is 1.27 bits per heavy atom. The number of rotatable bonds is 4. The SMILES string of the molecule is Cc1ccc([C@H](C)n2nc(F)c3nc(-n4cc(C(=O)O)cn4)[nH]c(=O)c32)cc1C.S. The number of aromatic carboxylic acids is 1. The van der Waals surface area contributed by atoms with Crippen LogP contribution in [0.15, 0.2) is 35.4 Å². The van der Waals surface area contributed by atoms with Gasteiger partial charge in [0.2, 0.25) is 5.95 Å². The topological polar surface area (TPSA) is 119 Å². The van der Waals surface area contributed by atoms with Crippen LogP contribution >= 0.6 is 13.5 Å². The van der Waals surface area contributed by atoms with Gasteiger partial charge in [0.15, 0.2) is 11.0 Å². The lowest BCUT2D eigenvalue weighted by Gasteiger charge is -2.15. The zero-order chi connectivity index (χ0) is 20.9. The number of nitrogens with zero attached hydrogens (tertiary/aromatic N) is 5. The largest absolute Gasteiger partial charge is 0.478 e. The molecule has 9 nitrogen and oxygen atoms in total. The van der Waals surface area contributed by atoms with Gasteiger partial charge in [0.25, 0.3) is 11.5 Å². The molecule has 156 valence electrons. The maximum atomic E-state index is 14.6. The van der Waals surface area contributed by atoms with E-state index in [1.807, 2.05) is 39.0 Å². The fourth-order valence-corrected chi connectivity index (χ4v) is 3.11. The Kier molecular flexibility index (Phi) is 5.49. The highest BCUT2D eigenvalue weighted by atomic mass is 32.1. The standard InChI is InChI=1S/C19H17FN6O3.H2S/c1-9-4-5-12(6-10(9)2)11(3)26-15-14(16(20)24-26)22-19(23-17(15)27)25-8-13(7-21-25)18(28)29;/h4-8,11H,1-3H3,(H,28,29)(H,22,23,27);1H2/t11-;/m0./s1. The number of H-pyrrole nitrogens is 1. The highest BCUT2D eigenvalue weighted by Gasteiger charge is 2.22. The van der Waals surface area contributed by atoms with E-state index in [9.17, 15) is 14.0 Å². The number of aromatic amines is 1. The molecule has 3 aromatic heterocycles. The molecule has 0 saturated carbocycles. The third-order valence-electron chi connectivity index (χ3n) is 4.93. The Balaban J connectivity index is 0.00000256. The molecule has 4 aromatic rings. The molecule has 0 amide bonds. The Hall–Kier alpha value is -3.47. The molecule has 1 atom stereocenters.